The van der Waals surface area contributed by atoms with Crippen LogP contribution in [0.15, 0.2) is 36.9 Å². The van der Waals surface area contributed by atoms with E-state index in [2.05, 4.69) is 6.58 Å². The average molecular weight is 463 g/mol. The summed E-state index contributed by atoms with van der Waals surface area (Å²) < 4.78 is 11.5. The fourth-order valence-electron chi connectivity index (χ4n) is 5.51. The monoisotopic (exact) mass is 462 g/mol. The minimum Gasteiger partial charge on any atom is -0.466 e. The first-order valence-electron chi connectivity index (χ1n) is 10.8. The summed E-state index contributed by atoms with van der Waals surface area (Å²) in [5, 5.41) is 10.2. The van der Waals surface area contributed by atoms with Crippen molar-refractivity contribution < 1.29 is 29.0 Å². The van der Waals surface area contributed by atoms with Gasteiger partial charge in [-0.25, -0.2) is 0 Å². The molecule has 8 nitrogen and oxygen atoms in total. The quantitative estimate of drug-likeness (QED) is 0.467. The first-order valence-corrected chi connectivity index (χ1v) is 11.2. The summed E-state index contributed by atoms with van der Waals surface area (Å²) >= 11 is 6.01. The van der Waals surface area contributed by atoms with Gasteiger partial charge in [-0.15, -0.1) is 6.58 Å². The minimum atomic E-state index is -1.13. The summed E-state index contributed by atoms with van der Waals surface area (Å²) in [5.74, 6) is -2.74. The highest BCUT2D eigenvalue weighted by atomic mass is 35.5. The first-order chi connectivity index (χ1) is 15.4. The van der Waals surface area contributed by atoms with Crippen molar-refractivity contribution in [3.63, 3.8) is 0 Å². The molecule has 3 heterocycles. The van der Waals surface area contributed by atoms with E-state index >= 15 is 0 Å². The highest BCUT2D eigenvalue weighted by Gasteiger charge is 2.75. The maximum absolute atomic E-state index is 14.0. The van der Waals surface area contributed by atoms with Gasteiger partial charge in [-0.1, -0.05) is 17.7 Å². The molecule has 1 aromatic carbocycles. The van der Waals surface area contributed by atoms with Crippen LogP contribution in [0.5, 0.6) is 0 Å². The average Bonchev–Trinajstić information content (AvgIpc) is 3.41. The molecule has 1 spiro atoms. The second-order valence-corrected chi connectivity index (χ2v) is 8.71. The Morgan fingerprint density at radius 1 is 1.41 bits per heavy atom. The predicted octanol–water partition coefficient (Wildman–Crippen LogP) is 1.79. The van der Waals surface area contributed by atoms with Crippen LogP contribution in [-0.2, 0) is 23.9 Å². The zero-order chi connectivity index (χ0) is 23.0. The van der Waals surface area contributed by atoms with E-state index in [0.29, 0.717) is 23.6 Å². The smallest absolute Gasteiger partial charge is 0.312 e. The number of fused-ring (bicyclic) bond motifs is 1. The number of carbonyl (C=O) groups is 3. The van der Waals surface area contributed by atoms with Crippen molar-refractivity contribution in [2.45, 2.75) is 37.5 Å². The van der Waals surface area contributed by atoms with E-state index in [4.69, 9.17) is 21.1 Å². The van der Waals surface area contributed by atoms with Crippen LogP contribution in [0, 0.1) is 11.8 Å². The molecule has 3 fully saturated rings. The lowest BCUT2D eigenvalue weighted by atomic mass is 9.70. The number of nitrogens with zero attached hydrogens (tertiary/aromatic N) is 2. The Labute approximate surface area is 191 Å². The molecule has 32 heavy (non-hydrogen) atoms. The molecule has 0 radical (unpaired) electrons. The van der Waals surface area contributed by atoms with Crippen molar-refractivity contribution in [1.82, 2.24) is 4.90 Å². The number of halogens is 1. The van der Waals surface area contributed by atoms with Gasteiger partial charge in [0.25, 0.3) is 5.91 Å². The molecule has 1 N–H and O–H groups in total. The number of aliphatic hydroxyl groups excluding tert-OH is 1. The van der Waals surface area contributed by atoms with Crippen LogP contribution in [0.2, 0.25) is 5.02 Å². The molecule has 3 aliphatic rings. The van der Waals surface area contributed by atoms with Crippen LogP contribution in [0.25, 0.3) is 0 Å². The van der Waals surface area contributed by atoms with Gasteiger partial charge < -0.3 is 24.4 Å². The maximum atomic E-state index is 14.0. The van der Waals surface area contributed by atoms with Crippen molar-refractivity contribution in [2.24, 2.45) is 11.8 Å². The molecule has 0 aromatic heterocycles. The lowest BCUT2D eigenvalue weighted by Crippen LogP contribution is -2.56. The predicted molar refractivity (Wildman–Crippen MR) is 117 cm³/mol. The molecule has 3 aliphatic heterocycles. The SMILES string of the molecule is C=CCN(C(=O)C1N(CCO)C(=O)[C@@H]2[C@H](C(=O)OCC)[C@@H]3CCC12O3)c1ccc(Cl)cc1. The van der Waals surface area contributed by atoms with E-state index in [0.717, 1.165) is 0 Å². The summed E-state index contributed by atoms with van der Waals surface area (Å²) in [6.45, 7) is 5.54. The fourth-order valence-corrected chi connectivity index (χ4v) is 5.63. The van der Waals surface area contributed by atoms with E-state index in [1.54, 1.807) is 37.3 Å². The Kier molecular flexibility index (Phi) is 6.29. The van der Waals surface area contributed by atoms with Gasteiger partial charge in [-0.3, -0.25) is 14.4 Å². The number of hydrogen-bond donors (Lipinski definition) is 1. The van der Waals surface area contributed by atoms with Gasteiger partial charge in [0, 0.05) is 23.8 Å². The van der Waals surface area contributed by atoms with Crippen LogP contribution in [0.1, 0.15) is 19.8 Å². The van der Waals surface area contributed by atoms with Crippen molar-refractivity contribution in [1.29, 1.82) is 0 Å². The minimum absolute atomic E-state index is 0.0282. The van der Waals surface area contributed by atoms with E-state index in [1.165, 1.54) is 9.80 Å². The van der Waals surface area contributed by atoms with Gasteiger partial charge >= 0.3 is 5.97 Å². The number of ether oxygens (including phenoxy) is 2. The van der Waals surface area contributed by atoms with E-state index in [1.807, 2.05) is 0 Å². The van der Waals surface area contributed by atoms with Gasteiger partial charge in [0.1, 0.15) is 11.6 Å². The van der Waals surface area contributed by atoms with E-state index in [-0.39, 0.29) is 38.1 Å². The van der Waals surface area contributed by atoms with Crippen molar-refractivity contribution in [3.8, 4) is 0 Å². The number of aliphatic hydroxyl groups is 1. The van der Waals surface area contributed by atoms with Crippen LogP contribution in [0.3, 0.4) is 0 Å². The Hall–Kier alpha value is -2.42. The number of β-amino-alcohol motifs (C(OH)–C–C–N with tert-alkyl or cyclic N) is 1. The molecule has 2 bridgehead atoms. The van der Waals surface area contributed by atoms with Crippen molar-refractivity contribution in [2.75, 3.05) is 31.2 Å². The molecule has 172 valence electrons. The lowest BCUT2D eigenvalue weighted by Gasteiger charge is -2.36. The number of rotatable bonds is 8. The van der Waals surface area contributed by atoms with Gasteiger partial charge in [0.15, 0.2) is 0 Å². The Morgan fingerprint density at radius 3 is 2.75 bits per heavy atom. The number of anilines is 1. The van der Waals surface area contributed by atoms with Gasteiger partial charge in [0.2, 0.25) is 5.91 Å². The molecule has 0 saturated carbocycles. The Bertz CT molecular complexity index is 922. The summed E-state index contributed by atoms with van der Waals surface area (Å²) in [7, 11) is 0. The molecule has 2 amide bonds. The zero-order valence-electron chi connectivity index (χ0n) is 17.9. The highest BCUT2D eigenvalue weighted by molar-refractivity contribution is 6.30. The Morgan fingerprint density at radius 2 is 2.12 bits per heavy atom. The summed E-state index contributed by atoms with van der Waals surface area (Å²) in [4.78, 5) is 43.0. The molecule has 1 aromatic rings. The van der Waals surface area contributed by atoms with Crippen LogP contribution >= 0.6 is 11.6 Å². The molecule has 9 heteroatoms. The molecular weight excluding hydrogens is 436 g/mol. The van der Waals surface area contributed by atoms with Crippen LogP contribution < -0.4 is 4.90 Å². The zero-order valence-corrected chi connectivity index (χ0v) is 18.7. The molecule has 4 rings (SSSR count). The lowest BCUT2D eigenvalue weighted by molar-refractivity contribution is -0.154. The van der Waals surface area contributed by atoms with Gasteiger partial charge in [-0.2, -0.15) is 0 Å². The highest BCUT2D eigenvalue weighted by Crippen LogP contribution is 2.58. The summed E-state index contributed by atoms with van der Waals surface area (Å²) in [5.41, 5.74) is -0.526. The molecular formula is C23H27ClN2O6. The summed E-state index contributed by atoms with van der Waals surface area (Å²) in [6, 6.07) is 5.84. The van der Waals surface area contributed by atoms with Gasteiger partial charge in [0.05, 0.1) is 31.2 Å². The fraction of sp³-hybridized carbons (Fsp3) is 0.522. The Balaban J connectivity index is 1.75. The second-order valence-electron chi connectivity index (χ2n) is 8.28. The number of benzene rings is 1. The first kappa shape index (κ1) is 22.8. The largest absolute Gasteiger partial charge is 0.466 e. The number of amides is 2. The van der Waals surface area contributed by atoms with Crippen molar-refractivity contribution >= 4 is 35.1 Å². The normalized spacial score (nSPS) is 30.3. The number of esters is 1. The van der Waals surface area contributed by atoms with Crippen molar-refractivity contribution in [3.05, 3.63) is 41.9 Å². The third kappa shape index (κ3) is 3.41. The molecule has 0 aliphatic carbocycles. The van der Waals surface area contributed by atoms with Crippen LogP contribution in [-0.4, -0.2) is 71.8 Å². The third-order valence-electron chi connectivity index (χ3n) is 6.65. The van der Waals surface area contributed by atoms with Gasteiger partial charge in [-0.05, 0) is 44.0 Å². The van der Waals surface area contributed by atoms with E-state index in [9.17, 15) is 19.5 Å². The standard InChI is InChI=1S/C23H27ClN2O6/c1-3-11-25(15-7-5-14(24)6-8-15)21(29)19-23-10-9-16(32-23)17(22(30)31-4-2)18(23)20(28)26(19)12-13-27/h3,5-8,16-19,27H,1,4,9-13H2,2H3/t16-,17+,18-,19?,23?/m0/s1. The number of hydrogen-bond acceptors (Lipinski definition) is 6. The molecule has 5 atom stereocenters. The van der Waals surface area contributed by atoms with Crippen LogP contribution in [0.4, 0.5) is 5.69 Å². The topological polar surface area (TPSA) is 96.4 Å². The maximum Gasteiger partial charge on any atom is 0.312 e. The van der Waals surface area contributed by atoms with E-state index < -0.39 is 35.6 Å². The molecule has 2 unspecified atom stereocenters. The number of carbonyl (C=O) groups excluding carboxylic acids is 3. The summed E-state index contributed by atoms with van der Waals surface area (Å²) in [6.07, 6.45) is 2.18. The number of likely N-dealkylation sites (tertiary alicyclic amines) is 1. The molecule has 3 saturated heterocycles. The second kappa shape index (κ2) is 8.84. The third-order valence-corrected chi connectivity index (χ3v) is 6.90.